The van der Waals surface area contributed by atoms with E-state index in [1.54, 1.807) is 41.3 Å². The van der Waals surface area contributed by atoms with Crippen LogP contribution in [0, 0.1) is 0 Å². The summed E-state index contributed by atoms with van der Waals surface area (Å²) in [7, 11) is -3.76. The number of benzene rings is 3. The predicted molar refractivity (Wildman–Crippen MR) is 135 cm³/mol. The van der Waals surface area contributed by atoms with E-state index in [1.807, 2.05) is 24.3 Å². The molecule has 1 saturated heterocycles. The average molecular weight is 490 g/mol. The van der Waals surface area contributed by atoms with Crippen LogP contribution in [-0.2, 0) is 16.4 Å². The van der Waals surface area contributed by atoms with Crippen molar-refractivity contribution in [2.75, 3.05) is 29.9 Å². The molecule has 0 radical (unpaired) electrons. The van der Waals surface area contributed by atoms with Crippen molar-refractivity contribution in [2.45, 2.75) is 30.6 Å². The lowest BCUT2D eigenvalue weighted by molar-refractivity contribution is 0.0988. The van der Waals surface area contributed by atoms with Gasteiger partial charge in [-0.2, -0.15) is 4.31 Å². The van der Waals surface area contributed by atoms with Crippen LogP contribution in [0.25, 0.3) is 0 Å². The van der Waals surface area contributed by atoms with Gasteiger partial charge in [0.2, 0.25) is 10.0 Å². The zero-order chi connectivity index (χ0) is 24.4. The number of amides is 2. The quantitative estimate of drug-likeness (QED) is 0.578. The summed E-state index contributed by atoms with van der Waals surface area (Å²) in [5.74, 6) is -0.598. The number of hydrogen-bond donors (Lipinski definition) is 1. The first-order valence-corrected chi connectivity index (χ1v) is 13.3. The lowest BCUT2D eigenvalue weighted by Gasteiger charge is -2.26. The SMILES string of the molecule is O=C(Nc1ccc(C(=O)N2CCc3ccccc32)cc1)c1ccccc1S(=O)(=O)N1CCCCC1. The number of carbonyl (C=O) groups excluding carboxylic acids is 2. The van der Waals surface area contributed by atoms with Crippen molar-refractivity contribution in [2.24, 2.45) is 0 Å². The van der Waals surface area contributed by atoms with Crippen LogP contribution in [-0.4, -0.2) is 44.2 Å². The van der Waals surface area contributed by atoms with Gasteiger partial charge in [0.15, 0.2) is 0 Å². The highest BCUT2D eigenvalue weighted by molar-refractivity contribution is 7.89. The molecule has 180 valence electrons. The Morgan fingerprint density at radius 2 is 1.46 bits per heavy atom. The first-order chi connectivity index (χ1) is 16.9. The van der Waals surface area contributed by atoms with Gasteiger partial charge in [0.05, 0.1) is 10.5 Å². The number of rotatable bonds is 5. The molecule has 2 heterocycles. The molecular formula is C27H27N3O4S. The van der Waals surface area contributed by atoms with E-state index < -0.39 is 15.9 Å². The molecule has 0 aliphatic carbocycles. The van der Waals surface area contributed by atoms with Crippen molar-refractivity contribution in [3.05, 3.63) is 89.5 Å². The summed E-state index contributed by atoms with van der Waals surface area (Å²) in [5, 5.41) is 2.78. The number of carbonyl (C=O) groups is 2. The average Bonchev–Trinajstić information content (AvgIpc) is 3.33. The second-order valence-electron chi connectivity index (χ2n) is 8.83. The Morgan fingerprint density at radius 1 is 0.771 bits per heavy atom. The fraction of sp³-hybridized carbons (Fsp3) is 0.259. The minimum Gasteiger partial charge on any atom is -0.322 e. The van der Waals surface area contributed by atoms with E-state index in [4.69, 9.17) is 0 Å². The van der Waals surface area contributed by atoms with Gasteiger partial charge in [0.25, 0.3) is 11.8 Å². The lowest BCUT2D eigenvalue weighted by Crippen LogP contribution is -2.36. The Bertz CT molecular complexity index is 1360. The molecule has 0 unspecified atom stereocenters. The van der Waals surface area contributed by atoms with Crippen LogP contribution < -0.4 is 10.2 Å². The minimum absolute atomic E-state index is 0.0129. The van der Waals surface area contributed by atoms with Gasteiger partial charge in [-0.15, -0.1) is 0 Å². The van der Waals surface area contributed by atoms with Crippen molar-refractivity contribution in [3.63, 3.8) is 0 Å². The van der Waals surface area contributed by atoms with E-state index in [9.17, 15) is 18.0 Å². The van der Waals surface area contributed by atoms with Gasteiger partial charge < -0.3 is 10.2 Å². The molecule has 0 aromatic heterocycles. The van der Waals surface area contributed by atoms with E-state index in [1.165, 1.54) is 16.4 Å². The molecule has 0 atom stereocenters. The van der Waals surface area contributed by atoms with Crippen LogP contribution in [0.4, 0.5) is 11.4 Å². The second kappa shape index (κ2) is 9.64. The van der Waals surface area contributed by atoms with E-state index in [2.05, 4.69) is 5.32 Å². The maximum Gasteiger partial charge on any atom is 0.258 e. The summed E-state index contributed by atoms with van der Waals surface area (Å²) in [6, 6.07) is 20.8. The molecule has 0 bridgehead atoms. The number of hydrogen-bond acceptors (Lipinski definition) is 4. The van der Waals surface area contributed by atoms with Gasteiger partial charge in [-0.1, -0.05) is 36.8 Å². The molecule has 1 N–H and O–H groups in total. The third-order valence-electron chi connectivity index (χ3n) is 6.59. The molecule has 0 saturated carbocycles. The standard InChI is InChI=1S/C27H27N3O4S/c31-26(23-9-3-5-11-25(23)35(33,34)29-17-6-1-7-18-29)28-22-14-12-21(13-15-22)27(32)30-19-16-20-8-2-4-10-24(20)30/h2-5,8-15H,1,6-7,16-19H2,(H,28,31). The largest absolute Gasteiger partial charge is 0.322 e. The summed E-state index contributed by atoms with van der Waals surface area (Å²) in [5.41, 5.74) is 3.20. The maximum absolute atomic E-state index is 13.2. The predicted octanol–water partition coefficient (Wildman–Crippen LogP) is 4.32. The fourth-order valence-corrected chi connectivity index (χ4v) is 6.43. The Hall–Kier alpha value is -3.49. The van der Waals surface area contributed by atoms with Gasteiger partial charge >= 0.3 is 0 Å². The van der Waals surface area contributed by atoms with Gasteiger partial charge in [0.1, 0.15) is 0 Å². The van der Waals surface area contributed by atoms with Crippen LogP contribution in [0.2, 0.25) is 0 Å². The number of sulfonamides is 1. The van der Waals surface area contributed by atoms with Crippen LogP contribution in [0.1, 0.15) is 45.5 Å². The summed E-state index contributed by atoms with van der Waals surface area (Å²) >= 11 is 0. The van der Waals surface area contributed by atoms with Gasteiger partial charge in [0, 0.05) is 36.6 Å². The molecule has 3 aromatic carbocycles. The summed E-state index contributed by atoms with van der Waals surface area (Å²) in [6.45, 7) is 1.57. The van der Waals surface area contributed by atoms with Crippen molar-refractivity contribution in [3.8, 4) is 0 Å². The molecule has 3 aromatic rings. The van der Waals surface area contributed by atoms with Crippen LogP contribution in [0.5, 0.6) is 0 Å². The normalized spacial score (nSPS) is 16.1. The van der Waals surface area contributed by atoms with Gasteiger partial charge in [-0.25, -0.2) is 8.42 Å². The summed E-state index contributed by atoms with van der Waals surface area (Å²) in [6.07, 6.45) is 3.48. The Kier molecular flexibility index (Phi) is 6.40. The topological polar surface area (TPSA) is 86.8 Å². The van der Waals surface area contributed by atoms with Crippen LogP contribution >= 0.6 is 0 Å². The van der Waals surface area contributed by atoms with Crippen molar-refractivity contribution in [1.29, 1.82) is 0 Å². The lowest BCUT2D eigenvalue weighted by atomic mass is 10.1. The first kappa shape index (κ1) is 23.3. The number of nitrogens with one attached hydrogen (secondary N) is 1. The number of nitrogens with zero attached hydrogens (tertiary/aromatic N) is 2. The van der Waals surface area contributed by atoms with Crippen molar-refractivity contribution < 1.29 is 18.0 Å². The third-order valence-corrected chi connectivity index (χ3v) is 8.54. The molecule has 7 nitrogen and oxygen atoms in total. The highest BCUT2D eigenvalue weighted by Gasteiger charge is 2.30. The Balaban J connectivity index is 1.32. The summed E-state index contributed by atoms with van der Waals surface area (Å²) in [4.78, 5) is 27.9. The maximum atomic E-state index is 13.2. The molecule has 8 heteroatoms. The minimum atomic E-state index is -3.76. The zero-order valence-electron chi connectivity index (χ0n) is 19.3. The highest BCUT2D eigenvalue weighted by atomic mass is 32.2. The second-order valence-corrected chi connectivity index (χ2v) is 10.7. The van der Waals surface area contributed by atoms with E-state index in [-0.39, 0.29) is 16.4 Å². The van der Waals surface area contributed by atoms with Gasteiger partial charge in [-0.3, -0.25) is 9.59 Å². The van der Waals surface area contributed by atoms with Gasteiger partial charge in [-0.05, 0) is 67.3 Å². The van der Waals surface area contributed by atoms with Crippen LogP contribution in [0.3, 0.4) is 0 Å². The molecule has 2 amide bonds. The van der Waals surface area contributed by atoms with Crippen molar-refractivity contribution >= 4 is 33.2 Å². The Labute approximate surface area is 205 Å². The molecule has 5 rings (SSSR count). The molecular weight excluding hydrogens is 462 g/mol. The molecule has 35 heavy (non-hydrogen) atoms. The van der Waals surface area contributed by atoms with Crippen molar-refractivity contribution in [1.82, 2.24) is 4.31 Å². The molecule has 2 aliphatic rings. The number of piperidine rings is 1. The van der Waals surface area contributed by atoms with E-state index in [0.29, 0.717) is 30.9 Å². The smallest absolute Gasteiger partial charge is 0.258 e. The zero-order valence-corrected chi connectivity index (χ0v) is 20.1. The molecule has 1 fully saturated rings. The van der Waals surface area contributed by atoms with E-state index >= 15 is 0 Å². The molecule has 0 spiro atoms. The number of fused-ring (bicyclic) bond motifs is 1. The fourth-order valence-electron chi connectivity index (χ4n) is 4.72. The Morgan fingerprint density at radius 3 is 2.23 bits per heavy atom. The highest BCUT2D eigenvalue weighted by Crippen LogP contribution is 2.29. The third kappa shape index (κ3) is 4.59. The van der Waals surface area contributed by atoms with Crippen LogP contribution in [0.15, 0.2) is 77.7 Å². The molecule has 2 aliphatic heterocycles. The number of para-hydroxylation sites is 1. The summed E-state index contributed by atoms with van der Waals surface area (Å²) < 4.78 is 27.9. The number of anilines is 2. The first-order valence-electron chi connectivity index (χ1n) is 11.9. The monoisotopic (exact) mass is 489 g/mol. The van der Waals surface area contributed by atoms with E-state index in [0.717, 1.165) is 36.9 Å².